The molecule has 2 aromatic heterocycles. The second-order valence-electron chi connectivity index (χ2n) is 6.80. The molecule has 0 fully saturated rings. The van der Waals surface area contributed by atoms with Crippen molar-refractivity contribution in [2.75, 3.05) is 0 Å². The summed E-state index contributed by atoms with van der Waals surface area (Å²) in [6.45, 7) is 3.96. The minimum absolute atomic E-state index is 0.216. The van der Waals surface area contributed by atoms with Gasteiger partial charge in [-0.3, -0.25) is 4.79 Å². The lowest BCUT2D eigenvalue weighted by molar-refractivity contribution is 0.538. The number of aromatic nitrogens is 1. The molecule has 29 heavy (non-hydrogen) atoms. The molecule has 0 bridgehead atoms. The van der Waals surface area contributed by atoms with Crippen molar-refractivity contribution in [3.05, 3.63) is 104 Å². The van der Waals surface area contributed by atoms with Crippen LogP contribution < -0.4 is 11.2 Å². The Morgan fingerprint density at radius 3 is 2.48 bits per heavy atom. The first-order chi connectivity index (χ1) is 13.9. The zero-order valence-corrected chi connectivity index (χ0v) is 16.8. The molecule has 0 saturated carbocycles. The molecule has 0 radical (unpaired) electrons. The number of hydrogen-bond donors (Lipinski definition) is 0. The molecule has 4 aromatic rings. The fraction of sp³-hybridized carbons (Fsp3) is 0.130. The lowest BCUT2D eigenvalue weighted by Crippen LogP contribution is -2.24. The van der Waals surface area contributed by atoms with Gasteiger partial charge in [-0.15, -0.1) is 0 Å². The minimum Gasteiger partial charge on any atom is -0.422 e. The maximum absolute atomic E-state index is 13.5. The maximum Gasteiger partial charge on any atom is 0.350 e. The summed E-state index contributed by atoms with van der Waals surface area (Å²) in [5, 5.41) is 0.366. The lowest BCUT2D eigenvalue weighted by atomic mass is 10.1. The average molecular weight is 407 g/mol. The summed E-state index contributed by atoms with van der Waals surface area (Å²) in [6, 6.07) is 17.4. The van der Waals surface area contributed by atoms with Crippen molar-refractivity contribution < 1.29 is 8.81 Å². The highest BCUT2D eigenvalue weighted by Crippen LogP contribution is 2.30. The minimum atomic E-state index is -0.538. The number of pyridine rings is 1. The van der Waals surface area contributed by atoms with Gasteiger partial charge in [0.15, 0.2) is 0 Å². The zero-order chi connectivity index (χ0) is 20.5. The van der Waals surface area contributed by atoms with Crippen molar-refractivity contribution in [2.45, 2.75) is 30.2 Å². The molecule has 0 N–H and O–H groups in total. The normalized spacial score (nSPS) is 11.1. The summed E-state index contributed by atoms with van der Waals surface area (Å²) in [5.41, 5.74) is 1.76. The van der Waals surface area contributed by atoms with Gasteiger partial charge in [0.2, 0.25) is 0 Å². The topological polar surface area (TPSA) is 52.2 Å². The van der Waals surface area contributed by atoms with E-state index < -0.39 is 11.4 Å². The quantitative estimate of drug-likeness (QED) is 0.482. The van der Waals surface area contributed by atoms with Gasteiger partial charge >= 0.3 is 5.63 Å². The molecule has 0 aliphatic rings. The Hall–Kier alpha value is -3.12. The third-order valence-corrected chi connectivity index (χ3v) is 5.94. The second kappa shape index (κ2) is 7.72. The van der Waals surface area contributed by atoms with Gasteiger partial charge in [-0.25, -0.2) is 9.18 Å². The van der Waals surface area contributed by atoms with Crippen molar-refractivity contribution in [3.8, 4) is 0 Å². The van der Waals surface area contributed by atoms with Crippen molar-refractivity contribution in [1.82, 2.24) is 4.57 Å². The van der Waals surface area contributed by atoms with Crippen molar-refractivity contribution in [1.29, 1.82) is 0 Å². The van der Waals surface area contributed by atoms with E-state index in [4.69, 9.17) is 4.42 Å². The average Bonchev–Trinajstić information content (AvgIpc) is 2.69. The number of rotatable bonds is 4. The molecule has 2 aromatic carbocycles. The molecular formula is C23H18FNO3S. The molecule has 0 amide bonds. The summed E-state index contributed by atoms with van der Waals surface area (Å²) < 4.78 is 20.7. The maximum atomic E-state index is 13.5. The number of hydrogen-bond acceptors (Lipinski definition) is 4. The Kier molecular flexibility index (Phi) is 5.11. The standard InChI is InChI=1S/C23H18FNO3S/c1-14-11-19-20(22(26)25(14)13-16-7-4-3-5-8-16)15(2)21(23(27)28-19)29-18-10-6-9-17(24)12-18/h3-12H,13H2,1-2H3. The highest BCUT2D eigenvalue weighted by molar-refractivity contribution is 7.99. The predicted molar refractivity (Wildman–Crippen MR) is 112 cm³/mol. The van der Waals surface area contributed by atoms with Gasteiger partial charge < -0.3 is 8.98 Å². The first-order valence-corrected chi connectivity index (χ1v) is 9.91. The Morgan fingerprint density at radius 2 is 1.76 bits per heavy atom. The summed E-state index contributed by atoms with van der Waals surface area (Å²) >= 11 is 1.10. The van der Waals surface area contributed by atoms with Crippen LogP contribution in [0, 0.1) is 19.7 Å². The number of aryl methyl sites for hydroxylation is 2. The van der Waals surface area contributed by atoms with E-state index in [2.05, 4.69) is 0 Å². The molecule has 0 saturated heterocycles. The number of halogens is 1. The van der Waals surface area contributed by atoms with Gasteiger partial charge in [-0.2, -0.15) is 0 Å². The molecule has 2 heterocycles. The molecule has 6 heteroatoms. The smallest absolute Gasteiger partial charge is 0.350 e. The van der Waals surface area contributed by atoms with Crippen LogP contribution in [0.1, 0.15) is 16.8 Å². The van der Waals surface area contributed by atoms with Crippen molar-refractivity contribution in [3.63, 3.8) is 0 Å². The van der Waals surface area contributed by atoms with Gasteiger partial charge in [0.1, 0.15) is 16.3 Å². The SMILES string of the molecule is Cc1c(Sc2cccc(F)c2)c(=O)oc2cc(C)n(Cc3ccccc3)c(=O)c12. The number of nitrogens with zero attached hydrogens (tertiary/aromatic N) is 1. The van der Waals surface area contributed by atoms with Crippen LogP contribution in [0.15, 0.2) is 84.5 Å². The van der Waals surface area contributed by atoms with E-state index >= 15 is 0 Å². The molecule has 4 nitrogen and oxygen atoms in total. The fourth-order valence-electron chi connectivity index (χ4n) is 3.31. The molecular weight excluding hydrogens is 389 g/mol. The van der Waals surface area contributed by atoms with Crippen LogP contribution in [-0.2, 0) is 6.54 Å². The summed E-state index contributed by atoms with van der Waals surface area (Å²) in [7, 11) is 0. The van der Waals surface area contributed by atoms with Crippen LogP contribution in [-0.4, -0.2) is 4.57 Å². The Bertz CT molecular complexity index is 1330. The first-order valence-electron chi connectivity index (χ1n) is 9.09. The van der Waals surface area contributed by atoms with Crippen LogP contribution in [0.4, 0.5) is 4.39 Å². The largest absolute Gasteiger partial charge is 0.422 e. The van der Waals surface area contributed by atoms with E-state index in [1.807, 2.05) is 37.3 Å². The summed E-state index contributed by atoms with van der Waals surface area (Å²) in [4.78, 5) is 26.7. The van der Waals surface area contributed by atoms with Gasteiger partial charge in [0, 0.05) is 16.7 Å². The molecule has 146 valence electrons. The zero-order valence-electron chi connectivity index (χ0n) is 15.9. The van der Waals surface area contributed by atoms with Crippen LogP contribution >= 0.6 is 11.8 Å². The van der Waals surface area contributed by atoms with E-state index in [1.165, 1.54) is 12.1 Å². The van der Waals surface area contributed by atoms with Crippen LogP contribution in [0.3, 0.4) is 0 Å². The van der Waals surface area contributed by atoms with Crippen LogP contribution in [0.25, 0.3) is 11.0 Å². The van der Waals surface area contributed by atoms with E-state index in [-0.39, 0.29) is 16.0 Å². The molecule has 0 aliphatic heterocycles. The van der Waals surface area contributed by atoms with Crippen LogP contribution in [0.5, 0.6) is 0 Å². The highest BCUT2D eigenvalue weighted by atomic mass is 32.2. The van der Waals surface area contributed by atoms with Crippen LogP contribution in [0.2, 0.25) is 0 Å². The van der Waals surface area contributed by atoms with E-state index in [1.54, 1.807) is 29.7 Å². The molecule has 0 aliphatic carbocycles. The first kappa shape index (κ1) is 19.2. The number of fused-ring (bicyclic) bond motifs is 1. The van der Waals surface area contributed by atoms with E-state index in [0.29, 0.717) is 28.1 Å². The third-order valence-electron chi connectivity index (χ3n) is 4.77. The van der Waals surface area contributed by atoms with Gasteiger partial charge in [-0.05, 0) is 43.2 Å². The summed E-state index contributed by atoms with van der Waals surface area (Å²) in [5.74, 6) is -0.390. The molecule has 0 spiro atoms. The van der Waals surface area contributed by atoms with Crippen molar-refractivity contribution >= 4 is 22.7 Å². The highest BCUT2D eigenvalue weighted by Gasteiger charge is 2.18. The van der Waals surface area contributed by atoms with Gasteiger partial charge in [-0.1, -0.05) is 48.2 Å². The second-order valence-corrected chi connectivity index (χ2v) is 7.89. The van der Waals surface area contributed by atoms with E-state index in [9.17, 15) is 14.0 Å². The Balaban J connectivity index is 1.88. The van der Waals surface area contributed by atoms with Crippen molar-refractivity contribution in [2.24, 2.45) is 0 Å². The monoisotopic (exact) mass is 407 g/mol. The molecule has 0 unspecified atom stereocenters. The predicted octanol–water partition coefficient (Wildman–Crippen LogP) is 4.91. The Labute approximate surface area is 170 Å². The summed E-state index contributed by atoms with van der Waals surface area (Å²) in [6.07, 6.45) is 0. The van der Waals surface area contributed by atoms with Gasteiger partial charge in [0.05, 0.1) is 11.9 Å². The molecule has 0 atom stereocenters. The third kappa shape index (κ3) is 3.76. The lowest BCUT2D eigenvalue weighted by Gasteiger charge is -2.13. The fourth-order valence-corrected chi connectivity index (χ4v) is 4.24. The molecule has 4 rings (SSSR count). The van der Waals surface area contributed by atoms with E-state index in [0.717, 1.165) is 17.3 Å². The Morgan fingerprint density at radius 1 is 1.00 bits per heavy atom. The number of benzene rings is 2. The van der Waals surface area contributed by atoms with Gasteiger partial charge in [0.25, 0.3) is 5.56 Å².